The van der Waals surface area contributed by atoms with Crippen LogP contribution in [0.2, 0.25) is 0 Å². The van der Waals surface area contributed by atoms with Gasteiger partial charge >= 0.3 is 0 Å². The maximum Gasteiger partial charge on any atom is 0.213 e. The molecule has 0 spiro atoms. The van der Waals surface area contributed by atoms with E-state index in [0.717, 1.165) is 43.6 Å². The number of pyridine rings is 1. The van der Waals surface area contributed by atoms with E-state index in [1.807, 2.05) is 30.3 Å². The minimum absolute atomic E-state index is 0.308. The van der Waals surface area contributed by atoms with Crippen molar-refractivity contribution in [3.63, 3.8) is 0 Å². The van der Waals surface area contributed by atoms with Gasteiger partial charge in [0.15, 0.2) is 0 Å². The Labute approximate surface area is 167 Å². The maximum atomic E-state index is 11.7. The minimum atomic E-state index is -0.817. The van der Waals surface area contributed by atoms with E-state index in [1.54, 1.807) is 7.11 Å². The molecule has 1 atom stereocenters. The van der Waals surface area contributed by atoms with E-state index in [2.05, 4.69) is 17.0 Å². The van der Waals surface area contributed by atoms with Crippen molar-refractivity contribution in [1.29, 1.82) is 0 Å². The van der Waals surface area contributed by atoms with Crippen LogP contribution in [0.3, 0.4) is 0 Å². The molecule has 3 aliphatic heterocycles. The van der Waals surface area contributed by atoms with Crippen LogP contribution in [0.5, 0.6) is 5.88 Å². The Morgan fingerprint density at radius 3 is 2.57 bits per heavy atom. The molecule has 3 saturated heterocycles. The van der Waals surface area contributed by atoms with Gasteiger partial charge in [-0.2, -0.15) is 0 Å². The lowest BCUT2D eigenvalue weighted by molar-refractivity contribution is -0.118. The molecule has 3 fully saturated rings. The topological polar surface area (TPSA) is 54.8 Å². The standard InChI is InChI=1S/C23H30N2O3/c1-27-14-5-15-28-22-9-8-20(21(24-22)16-18-6-3-2-4-7-18)23(26)17-25-12-10-19(23)11-13-25/h2-4,6-9,19,26H,5,10-17H2,1H3/t23-/m1/s1. The minimum Gasteiger partial charge on any atom is -0.478 e. The Bertz CT molecular complexity index is 775. The molecule has 0 unspecified atom stereocenters. The van der Waals surface area contributed by atoms with Crippen LogP contribution < -0.4 is 4.74 Å². The second-order valence-electron chi connectivity index (χ2n) is 7.98. The monoisotopic (exact) mass is 382 g/mol. The summed E-state index contributed by atoms with van der Waals surface area (Å²) in [6, 6.07) is 14.3. The molecule has 0 amide bonds. The molecule has 1 N–H and O–H groups in total. The van der Waals surface area contributed by atoms with Crippen LogP contribution in [0.4, 0.5) is 0 Å². The van der Waals surface area contributed by atoms with Crippen LogP contribution in [0.25, 0.3) is 0 Å². The highest BCUT2D eigenvalue weighted by Gasteiger charge is 2.47. The number of benzene rings is 1. The summed E-state index contributed by atoms with van der Waals surface area (Å²) in [5, 5.41) is 11.7. The van der Waals surface area contributed by atoms with Gasteiger partial charge in [-0.05, 0) is 43.5 Å². The van der Waals surface area contributed by atoms with Crippen LogP contribution in [0.15, 0.2) is 42.5 Å². The number of aliphatic hydroxyl groups is 1. The number of fused-ring (bicyclic) bond motifs is 3. The fraction of sp³-hybridized carbons (Fsp3) is 0.522. The van der Waals surface area contributed by atoms with Crippen molar-refractivity contribution >= 4 is 0 Å². The van der Waals surface area contributed by atoms with Gasteiger partial charge in [0.1, 0.15) is 5.60 Å². The van der Waals surface area contributed by atoms with E-state index < -0.39 is 5.60 Å². The van der Waals surface area contributed by atoms with E-state index in [1.165, 1.54) is 5.56 Å². The van der Waals surface area contributed by atoms with Gasteiger partial charge in [0, 0.05) is 44.7 Å². The SMILES string of the molecule is COCCCOc1ccc([C@@]2(O)CN3CCC2CC3)c(Cc2ccccc2)n1. The van der Waals surface area contributed by atoms with Gasteiger partial charge in [0.05, 0.1) is 12.3 Å². The smallest absolute Gasteiger partial charge is 0.213 e. The molecule has 5 rings (SSSR count). The summed E-state index contributed by atoms with van der Waals surface area (Å²) in [4.78, 5) is 7.20. The zero-order valence-electron chi connectivity index (χ0n) is 16.6. The largest absolute Gasteiger partial charge is 0.478 e. The van der Waals surface area contributed by atoms with Crippen molar-refractivity contribution in [2.45, 2.75) is 31.3 Å². The maximum absolute atomic E-state index is 11.7. The molecule has 1 aromatic heterocycles. The van der Waals surface area contributed by atoms with E-state index in [9.17, 15) is 5.11 Å². The summed E-state index contributed by atoms with van der Waals surface area (Å²) in [6.45, 7) is 4.14. The van der Waals surface area contributed by atoms with E-state index in [4.69, 9.17) is 14.5 Å². The van der Waals surface area contributed by atoms with E-state index >= 15 is 0 Å². The average Bonchev–Trinajstić information content (AvgIpc) is 2.73. The van der Waals surface area contributed by atoms with Crippen molar-refractivity contribution < 1.29 is 14.6 Å². The Kier molecular flexibility index (Phi) is 5.95. The number of nitrogens with zero attached hydrogens (tertiary/aromatic N) is 2. The molecule has 0 radical (unpaired) electrons. The first-order chi connectivity index (χ1) is 13.7. The quantitative estimate of drug-likeness (QED) is 0.712. The van der Waals surface area contributed by atoms with Gasteiger partial charge in [-0.3, -0.25) is 0 Å². The Hall–Kier alpha value is -1.95. The van der Waals surface area contributed by atoms with Gasteiger partial charge in [0.2, 0.25) is 5.88 Å². The summed E-state index contributed by atoms with van der Waals surface area (Å²) in [6.07, 6.45) is 3.63. The molecular formula is C23H30N2O3. The lowest BCUT2D eigenvalue weighted by Gasteiger charge is -2.51. The molecule has 5 heteroatoms. The van der Waals surface area contributed by atoms with Crippen molar-refractivity contribution in [1.82, 2.24) is 9.88 Å². The third-order valence-corrected chi connectivity index (χ3v) is 6.10. The van der Waals surface area contributed by atoms with Crippen molar-refractivity contribution in [3.8, 4) is 5.88 Å². The first-order valence-electron chi connectivity index (χ1n) is 10.3. The molecule has 150 valence electrons. The molecule has 1 aromatic carbocycles. The van der Waals surface area contributed by atoms with Crippen LogP contribution in [0.1, 0.15) is 36.1 Å². The fourth-order valence-electron chi connectivity index (χ4n) is 4.60. The predicted octanol–water partition coefficient (Wildman–Crippen LogP) is 3.00. The Morgan fingerprint density at radius 1 is 1.11 bits per heavy atom. The molecule has 0 aliphatic carbocycles. The highest BCUT2D eigenvalue weighted by atomic mass is 16.5. The molecule has 5 nitrogen and oxygen atoms in total. The first kappa shape index (κ1) is 19.4. The van der Waals surface area contributed by atoms with Crippen LogP contribution in [0, 0.1) is 5.92 Å². The molecular weight excluding hydrogens is 352 g/mol. The third kappa shape index (κ3) is 4.07. The third-order valence-electron chi connectivity index (χ3n) is 6.10. The second kappa shape index (κ2) is 8.60. The van der Waals surface area contributed by atoms with Crippen molar-refractivity contribution in [3.05, 3.63) is 59.3 Å². The van der Waals surface area contributed by atoms with E-state index in [-0.39, 0.29) is 0 Å². The average molecular weight is 383 g/mol. The number of hydrogen-bond donors (Lipinski definition) is 1. The van der Waals surface area contributed by atoms with Crippen LogP contribution in [-0.2, 0) is 16.8 Å². The van der Waals surface area contributed by atoms with Crippen molar-refractivity contribution in [2.24, 2.45) is 5.92 Å². The number of aromatic nitrogens is 1. The number of methoxy groups -OCH3 is 1. The summed E-state index contributed by atoms with van der Waals surface area (Å²) in [5.74, 6) is 0.929. The number of hydrogen-bond acceptors (Lipinski definition) is 5. The Morgan fingerprint density at radius 2 is 1.89 bits per heavy atom. The highest BCUT2D eigenvalue weighted by molar-refractivity contribution is 5.36. The molecule has 0 saturated carbocycles. The normalized spacial score (nSPS) is 26.4. The summed E-state index contributed by atoms with van der Waals surface area (Å²) in [7, 11) is 1.69. The number of ether oxygens (including phenoxy) is 2. The lowest BCUT2D eigenvalue weighted by atomic mass is 9.71. The van der Waals surface area contributed by atoms with Gasteiger partial charge in [-0.1, -0.05) is 30.3 Å². The Balaban J connectivity index is 1.62. The molecule has 2 bridgehead atoms. The molecule has 4 heterocycles. The highest BCUT2D eigenvalue weighted by Crippen LogP contribution is 2.43. The summed E-state index contributed by atoms with van der Waals surface area (Å²) < 4.78 is 10.9. The predicted molar refractivity (Wildman–Crippen MR) is 109 cm³/mol. The zero-order valence-corrected chi connectivity index (χ0v) is 16.6. The molecule has 3 aliphatic rings. The molecule has 28 heavy (non-hydrogen) atoms. The molecule has 2 aromatic rings. The van der Waals surface area contributed by atoms with Gasteiger partial charge in [0.25, 0.3) is 0 Å². The van der Waals surface area contributed by atoms with Crippen LogP contribution in [-0.4, -0.2) is 54.9 Å². The fourth-order valence-corrected chi connectivity index (χ4v) is 4.60. The number of piperidine rings is 3. The van der Waals surface area contributed by atoms with Gasteiger partial charge in [-0.15, -0.1) is 0 Å². The van der Waals surface area contributed by atoms with Crippen LogP contribution >= 0.6 is 0 Å². The van der Waals surface area contributed by atoms with Crippen molar-refractivity contribution in [2.75, 3.05) is 40.0 Å². The first-order valence-corrected chi connectivity index (χ1v) is 10.3. The van der Waals surface area contributed by atoms with E-state index in [0.29, 0.717) is 38.0 Å². The summed E-state index contributed by atoms with van der Waals surface area (Å²) in [5.41, 5.74) is 2.27. The lowest BCUT2D eigenvalue weighted by Crippen LogP contribution is -2.57. The van der Waals surface area contributed by atoms with Gasteiger partial charge < -0.3 is 19.5 Å². The zero-order chi connectivity index (χ0) is 19.4. The summed E-state index contributed by atoms with van der Waals surface area (Å²) >= 11 is 0. The van der Waals surface area contributed by atoms with Gasteiger partial charge in [-0.25, -0.2) is 4.98 Å². The second-order valence-corrected chi connectivity index (χ2v) is 7.98. The number of rotatable bonds is 8.